The summed E-state index contributed by atoms with van der Waals surface area (Å²) >= 11 is 3.41. The largest absolute Gasteiger partial charge is 0.365 e. The molecule has 0 saturated carbocycles. The third-order valence-corrected chi connectivity index (χ3v) is 4.98. The highest BCUT2D eigenvalue weighted by atomic mass is 32.1. The molecule has 0 unspecified atom stereocenters. The van der Waals surface area contributed by atoms with Crippen molar-refractivity contribution in [1.82, 2.24) is 14.9 Å². The lowest BCUT2D eigenvalue weighted by molar-refractivity contribution is 0.246. The van der Waals surface area contributed by atoms with Gasteiger partial charge in [0.25, 0.3) is 0 Å². The number of anilines is 1. The van der Waals surface area contributed by atoms with Crippen molar-refractivity contribution in [2.24, 2.45) is 0 Å². The van der Waals surface area contributed by atoms with Gasteiger partial charge in [0.1, 0.15) is 0 Å². The predicted octanol–water partition coefficient (Wildman–Crippen LogP) is 3.45. The minimum absolute atomic E-state index is 0.310. The summed E-state index contributed by atoms with van der Waals surface area (Å²) in [6.07, 6.45) is 0. The molecule has 2 rings (SSSR count). The van der Waals surface area contributed by atoms with Gasteiger partial charge in [-0.15, -0.1) is 22.7 Å². The van der Waals surface area contributed by atoms with Crippen LogP contribution in [0.2, 0.25) is 0 Å². The van der Waals surface area contributed by atoms with Crippen LogP contribution in [0.5, 0.6) is 0 Å². The second-order valence-electron chi connectivity index (χ2n) is 4.66. The summed E-state index contributed by atoms with van der Waals surface area (Å²) in [5.74, 6) is 0. The average Bonchev–Trinajstić information content (AvgIpc) is 2.94. The summed E-state index contributed by atoms with van der Waals surface area (Å²) in [6, 6.07) is 0.310. The predicted molar refractivity (Wildman–Crippen MR) is 83.1 cm³/mol. The van der Waals surface area contributed by atoms with E-state index in [1.807, 2.05) is 7.05 Å². The Morgan fingerprint density at radius 1 is 1.37 bits per heavy atom. The van der Waals surface area contributed by atoms with Crippen molar-refractivity contribution in [2.45, 2.75) is 33.4 Å². The summed E-state index contributed by atoms with van der Waals surface area (Å²) in [5, 5.41) is 7.28. The molecule has 2 aromatic heterocycles. The van der Waals surface area contributed by atoms with Crippen molar-refractivity contribution in [3.63, 3.8) is 0 Å². The first-order valence-corrected chi connectivity index (χ1v) is 7.97. The highest BCUT2D eigenvalue weighted by Crippen LogP contribution is 2.27. The molecule has 0 aliphatic heterocycles. The lowest BCUT2D eigenvalue weighted by atomic mass is 10.2. The summed E-state index contributed by atoms with van der Waals surface area (Å²) < 4.78 is 0. The minimum atomic E-state index is 0.310. The minimum Gasteiger partial charge on any atom is -0.365 e. The normalized spacial score (nSPS) is 12.9. The van der Waals surface area contributed by atoms with Crippen LogP contribution < -0.4 is 5.32 Å². The molecule has 0 radical (unpaired) electrons. The molecule has 19 heavy (non-hydrogen) atoms. The number of hydrogen-bond donors (Lipinski definition) is 1. The van der Waals surface area contributed by atoms with Crippen LogP contribution in [0.1, 0.15) is 34.2 Å². The molecule has 0 bridgehead atoms. The molecule has 4 nitrogen and oxygen atoms in total. The van der Waals surface area contributed by atoms with Gasteiger partial charge in [-0.05, 0) is 27.8 Å². The van der Waals surface area contributed by atoms with E-state index in [9.17, 15) is 0 Å². The Hall–Kier alpha value is -0.980. The highest BCUT2D eigenvalue weighted by molar-refractivity contribution is 7.13. The van der Waals surface area contributed by atoms with E-state index >= 15 is 0 Å². The Balaban J connectivity index is 2.06. The maximum atomic E-state index is 4.64. The van der Waals surface area contributed by atoms with Gasteiger partial charge in [0.2, 0.25) is 0 Å². The summed E-state index contributed by atoms with van der Waals surface area (Å²) in [6.45, 7) is 7.25. The number of hydrogen-bond acceptors (Lipinski definition) is 6. The van der Waals surface area contributed by atoms with Gasteiger partial charge in [-0.1, -0.05) is 0 Å². The van der Waals surface area contributed by atoms with Crippen LogP contribution in [-0.2, 0) is 6.54 Å². The Morgan fingerprint density at radius 3 is 2.63 bits per heavy atom. The van der Waals surface area contributed by atoms with Crippen LogP contribution in [0, 0.1) is 13.8 Å². The van der Waals surface area contributed by atoms with E-state index in [0.29, 0.717) is 6.04 Å². The number of thiazole rings is 2. The van der Waals surface area contributed by atoms with Gasteiger partial charge in [-0.3, -0.25) is 4.90 Å². The Kier molecular flexibility index (Phi) is 4.54. The maximum Gasteiger partial charge on any atom is 0.182 e. The van der Waals surface area contributed by atoms with Crippen molar-refractivity contribution in [1.29, 1.82) is 0 Å². The zero-order valence-corrected chi connectivity index (χ0v) is 13.7. The monoisotopic (exact) mass is 296 g/mol. The number of nitrogens with one attached hydrogen (secondary N) is 1. The first-order valence-electron chi connectivity index (χ1n) is 6.27. The van der Waals surface area contributed by atoms with Crippen molar-refractivity contribution in [2.75, 3.05) is 19.4 Å². The van der Waals surface area contributed by atoms with E-state index < -0.39 is 0 Å². The van der Waals surface area contributed by atoms with Gasteiger partial charge in [0.05, 0.1) is 22.4 Å². The van der Waals surface area contributed by atoms with Crippen LogP contribution in [0.25, 0.3) is 0 Å². The molecule has 0 aromatic carbocycles. The average molecular weight is 296 g/mol. The topological polar surface area (TPSA) is 41.1 Å². The molecule has 0 amide bonds. The molecule has 2 aromatic rings. The second-order valence-corrected chi connectivity index (χ2v) is 6.92. The van der Waals surface area contributed by atoms with Gasteiger partial charge in [-0.2, -0.15) is 0 Å². The molecule has 2 heterocycles. The third-order valence-electron chi connectivity index (χ3n) is 3.17. The molecule has 0 saturated heterocycles. The lowest BCUT2D eigenvalue weighted by Crippen LogP contribution is -2.23. The number of aromatic nitrogens is 2. The van der Waals surface area contributed by atoms with Crippen LogP contribution >= 0.6 is 22.7 Å². The Labute approximate surface area is 122 Å². The van der Waals surface area contributed by atoms with Crippen molar-refractivity contribution in [3.05, 3.63) is 26.7 Å². The Morgan fingerprint density at radius 2 is 2.11 bits per heavy atom. The fraction of sp³-hybridized carbons (Fsp3) is 0.538. The van der Waals surface area contributed by atoms with Crippen molar-refractivity contribution >= 4 is 27.8 Å². The standard InChI is InChI=1S/C13H20N4S2/c1-8(12-9(2)19-10(3)15-12)17(5)6-11-7-18-13(14-4)16-11/h7-8H,6H2,1-5H3,(H,14,16)/t8-/m0/s1. The molecular weight excluding hydrogens is 276 g/mol. The smallest absolute Gasteiger partial charge is 0.182 e. The SMILES string of the molecule is CNc1nc(CN(C)[C@@H](C)c2nc(C)sc2C)cs1. The van der Waals surface area contributed by atoms with E-state index in [2.05, 4.69) is 53.4 Å². The Bertz CT molecular complexity index is 547. The molecular formula is C13H20N4S2. The van der Waals surface area contributed by atoms with Gasteiger partial charge < -0.3 is 5.32 Å². The summed E-state index contributed by atoms with van der Waals surface area (Å²) in [7, 11) is 4.02. The van der Waals surface area contributed by atoms with Crippen molar-refractivity contribution < 1.29 is 0 Å². The first kappa shape index (κ1) is 14.4. The summed E-state index contributed by atoms with van der Waals surface area (Å²) in [4.78, 5) is 12.8. The van der Waals surface area contributed by atoms with Gasteiger partial charge in [-0.25, -0.2) is 9.97 Å². The number of nitrogens with zero attached hydrogens (tertiary/aromatic N) is 3. The van der Waals surface area contributed by atoms with E-state index in [1.54, 1.807) is 22.7 Å². The van der Waals surface area contributed by atoms with Gasteiger partial charge in [0.15, 0.2) is 5.13 Å². The highest BCUT2D eigenvalue weighted by Gasteiger charge is 2.18. The zero-order chi connectivity index (χ0) is 14.0. The molecule has 6 heteroatoms. The quantitative estimate of drug-likeness (QED) is 0.917. The van der Waals surface area contributed by atoms with Crippen LogP contribution in [-0.4, -0.2) is 29.0 Å². The number of aryl methyl sites for hydroxylation is 2. The maximum absolute atomic E-state index is 4.64. The van der Waals surface area contributed by atoms with Crippen molar-refractivity contribution in [3.8, 4) is 0 Å². The third kappa shape index (κ3) is 3.32. The molecule has 1 atom stereocenters. The zero-order valence-electron chi connectivity index (χ0n) is 12.0. The van der Waals surface area contributed by atoms with E-state index in [4.69, 9.17) is 0 Å². The van der Waals surface area contributed by atoms with E-state index in [0.717, 1.165) is 22.4 Å². The lowest BCUT2D eigenvalue weighted by Gasteiger charge is -2.23. The van der Waals surface area contributed by atoms with Gasteiger partial charge in [0, 0.05) is 23.8 Å². The first-order chi connectivity index (χ1) is 9.01. The van der Waals surface area contributed by atoms with E-state index in [1.165, 1.54) is 10.6 Å². The van der Waals surface area contributed by atoms with E-state index in [-0.39, 0.29) is 0 Å². The molecule has 0 spiro atoms. The number of rotatable bonds is 5. The van der Waals surface area contributed by atoms with Crippen LogP contribution in [0.3, 0.4) is 0 Å². The molecule has 1 N–H and O–H groups in total. The van der Waals surface area contributed by atoms with Gasteiger partial charge >= 0.3 is 0 Å². The summed E-state index contributed by atoms with van der Waals surface area (Å²) in [5.41, 5.74) is 2.29. The molecule has 0 aliphatic rings. The fourth-order valence-electron chi connectivity index (χ4n) is 2.03. The fourth-order valence-corrected chi connectivity index (χ4v) is 3.60. The second kappa shape index (κ2) is 5.98. The molecule has 104 valence electrons. The van der Waals surface area contributed by atoms with Crippen LogP contribution in [0.4, 0.5) is 5.13 Å². The molecule has 0 aliphatic carbocycles. The van der Waals surface area contributed by atoms with Crippen LogP contribution in [0.15, 0.2) is 5.38 Å². The molecule has 0 fully saturated rings.